The molecule has 7 heteroatoms. The first-order valence-corrected chi connectivity index (χ1v) is 6.39. The van der Waals surface area contributed by atoms with Gasteiger partial charge in [-0.15, -0.1) is 0 Å². The fourth-order valence-electron chi connectivity index (χ4n) is 1.87. The second kappa shape index (κ2) is 7.04. The molecule has 0 aliphatic rings. The van der Waals surface area contributed by atoms with E-state index in [1.165, 1.54) is 26.6 Å². The molecule has 1 aromatic heterocycles. The number of aromatic nitrogens is 2. The Hall–Kier alpha value is -3.14. The van der Waals surface area contributed by atoms with Crippen molar-refractivity contribution >= 4 is 11.8 Å². The summed E-state index contributed by atoms with van der Waals surface area (Å²) < 4.78 is 9.86. The number of hydrogen-bond acceptors (Lipinski definition) is 7. The van der Waals surface area contributed by atoms with Gasteiger partial charge in [-0.1, -0.05) is 6.07 Å². The molecule has 2 rings (SSSR count). The van der Waals surface area contributed by atoms with Gasteiger partial charge in [0.1, 0.15) is 17.4 Å². The predicted octanol–water partition coefficient (Wildman–Crippen LogP) is 1.76. The van der Waals surface area contributed by atoms with Crippen molar-refractivity contribution in [1.29, 1.82) is 5.26 Å². The highest BCUT2D eigenvalue weighted by atomic mass is 16.5. The molecule has 2 aromatic rings. The second-order valence-corrected chi connectivity index (χ2v) is 4.25. The molecular formula is C15H14N4O3. The van der Waals surface area contributed by atoms with Gasteiger partial charge in [-0.3, -0.25) is 0 Å². The molecule has 1 aromatic carbocycles. The number of benzene rings is 1. The minimum absolute atomic E-state index is 0.212. The molecule has 0 bridgehead atoms. The van der Waals surface area contributed by atoms with Crippen LogP contribution in [-0.4, -0.2) is 30.2 Å². The third-order valence-corrected chi connectivity index (χ3v) is 2.93. The second-order valence-electron chi connectivity index (χ2n) is 4.25. The largest absolute Gasteiger partial charge is 0.496 e. The SMILES string of the molecule is COC(=O)c1cc(CNc2nccnc2C#N)ccc1OC. The Morgan fingerprint density at radius 3 is 2.77 bits per heavy atom. The van der Waals surface area contributed by atoms with Gasteiger partial charge in [0.2, 0.25) is 0 Å². The highest BCUT2D eigenvalue weighted by Crippen LogP contribution is 2.21. The van der Waals surface area contributed by atoms with E-state index in [2.05, 4.69) is 15.3 Å². The molecule has 0 fully saturated rings. The van der Waals surface area contributed by atoms with Gasteiger partial charge in [0.15, 0.2) is 11.5 Å². The lowest BCUT2D eigenvalue weighted by molar-refractivity contribution is 0.0597. The Labute approximate surface area is 127 Å². The molecule has 22 heavy (non-hydrogen) atoms. The lowest BCUT2D eigenvalue weighted by atomic mass is 10.1. The molecule has 0 radical (unpaired) electrons. The quantitative estimate of drug-likeness (QED) is 0.840. The number of nitriles is 1. The molecule has 0 spiro atoms. The molecule has 1 heterocycles. The summed E-state index contributed by atoms with van der Waals surface area (Å²) >= 11 is 0. The van der Waals surface area contributed by atoms with Crippen molar-refractivity contribution in [1.82, 2.24) is 9.97 Å². The van der Waals surface area contributed by atoms with Crippen LogP contribution in [0.1, 0.15) is 21.6 Å². The molecule has 0 atom stereocenters. The van der Waals surface area contributed by atoms with E-state index in [0.717, 1.165) is 5.56 Å². The van der Waals surface area contributed by atoms with Crippen LogP contribution >= 0.6 is 0 Å². The first-order valence-electron chi connectivity index (χ1n) is 6.39. The van der Waals surface area contributed by atoms with Gasteiger partial charge in [0.25, 0.3) is 0 Å². The average Bonchev–Trinajstić information content (AvgIpc) is 2.59. The third kappa shape index (κ3) is 3.30. The minimum atomic E-state index is -0.476. The summed E-state index contributed by atoms with van der Waals surface area (Å²) in [7, 11) is 2.80. The Bertz CT molecular complexity index is 725. The first-order chi connectivity index (χ1) is 10.7. The summed E-state index contributed by atoms with van der Waals surface area (Å²) in [6.07, 6.45) is 2.95. The van der Waals surface area contributed by atoms with Gasteiger partial charge in [0.05, 0.1) is 14.2 Å². The van der Waals surface area contributed by atoms with E-state index in [0.29, 0.717) is 23.7 Å². The maximum absolute atomic E-state index is 11.7. The summed E-state index contributed by atoms with van der Waals surface area (Å²) in [5.74, 6) is 0.351. The van der Waals surface area contributed by atoms with Crippen LogP contribution in [0.2, 0.25) is 0 Å². The molecule has 0 unspecified atom stereocenters. The number of rotatable bonds is 5. The van der Waals surface area contributed by atoms with Crippen LogP contribution in [0.3, 0.4) is 0 Å². The lowest BCUT2D eigenvalue weighted by Crippen LogP contribution is -2.08. The highest BCUT2D eigenvalue weighted by Gasteiger charge is 2.13. The number of hydrogen-bond donors (Lipinski definition) is 1. The minimum Gasteiger partial charge on any atom is -0.496 e. The van der Waals surface area contributed by atoms with Gasteiger partial charge in [0, 0.05) is 18.9 Å². The number of esters is 1. The molecular weight excluding hydrogens is 284 g/mol. The number of anilines is 1. The summed E-state index contributed by atoms with van der Waals surface area (Å²) in [5, 5.41) is 12.0. The number of nitrogens with zero attached hydrogens (tertiary/aromatic N) is 3. The molecule has 0 amide bonds. The van der Waals surface area contributed by atoms with Gasteiger partial charge in [-0.2, -0.15) is 5.26 Å². The van der Waals surface area contributed by atoms with Crippen molar-refractivity contribution in [2.45, 2.75) is 6.54 Å². The monoisotopic (exact) mass is 298 g/mol. The van der Waals surface area contributed by atoms with Crippen molar-refractivity contribution in [3.05, 3.63) is 47.4 Å². The first kappa shape index (κ1) is 15.3. The summed E-state index contributed by atoms with van der Waals surface area (Å²) in [5.41, 5.74) is 1.36. The van der Waals surface area contributed by atoms with Crippen molar-refractivity contribution in [2.75, 3.05) is 19.5 Å². The van der Waals surface area contributed by atoms with Crippen molar-refractivity contribution in [3.63, 3.8) is 0 Å². The zero-order valence-corrected chi connectivity index (χ0v) is 12.2. The summed E-state index contributed by atoms with van der Waals surface area (Å²) in [6, 6.07) is 7.12. The van der Waals surface area contributed by atoms with Crippen molar-refractivity contribution < 1.29 is 14.3 Å². The lowest BCUT2D eigenvalue weighted by Gasteiger charge is -2.10. The van der Waals surface area contributed by atoms with Gasteiger partial charge in [-0.05, 0) is 17.7 Å². The Morgan fingerprint density at radius 1 is 1.32 bits per heavy atom. The Morgan fingerprint density at radius 2 is 2.09 bits per heavy atom. The average molecular weight is 298 g/mol. The number of carbonyl (C=O) groups is 1. The molecule has 1 N–H and O–H groups in total. The Balaban J connectivity index is 2.20. The molecule has 112 valence electrons. The Kier molecular flexibility index (Phi) is 4.88. The van der Waals surface area contributed by atoms with E-state index < -0.39 is 5.97 Å². The molecule has 0 aliphatic heterocycles. The maximum Gasteiger partial charge on any atom is 0.341 e. The summed E-state index contributed by atoms with van der Waals surface area (Å²) in [4.78, 5) is 19.7. The zero-order chi connectivity index (χ0) is 15.9. The topological polar surface area (TPSA) is 97.1 Å². The van der Waals surface area contributed by atoms with Crippen LogP contribution in [0.15, 0.2) is 30.6 Å². The van der Waals surface area contributed by atoms with E-state index in [1.54, 1.807) is 18.2 Å². The highest BCUT2D eigenvalue weighted by molar-refractivity contribution is 5.92. The van der Waals surface area contributed by atoms with Crippen LogP contribution in [-0.2, 0) is 11.3 Å². The fraction of sp³-hybridized carbons (Fsp3) is 0.200. The molecule has 0 saturated heterocycles. The van der Waals surface area contributed by atoms with Gasteiger partial charge in [-0.25, -0.2) is 14.8 Å². The van der Waals surface area contributed by atoms with Gasteiger partial charge >= 0.3 is 5.97 Å². The maximum atomic E-state index is 11.7. The predicted molar refractivity (Wildman–Crippen MR) is 78.4 cm³/mol. The van der Waals surface area contributed by atoms with E-state index in [9.17, 15) is 4.79 Å². The van der Waals surface area contributed by atoms with E-state index in [-0.39, 0.29) is 5.69 Å². The van der Waals surface area contributed by atoms with Gasteiger partial charge < -0.3 is 14.8 Å². The summed E-state index contributed by atoms with van der Waals surface area (Å²) in [6.45, 7) is 0.376. The van der Waals surface area contributed by atoms with Crippen molar-refractivity contribution in [2.24, 2.45) is 0 Å². The number of methoxy groups -OCH3 is 2. The molecule has 7 nitrogen and oxygen atoms in total. The molecule has 0 saturated carbocycles. The zero-order valence-electron chi connectivity index (χ0n) is 12.2. The van der Waals surface area contributed by atoms with E-state index in [1.807, 2.05) is 6.07 Å². The van der Waals surface area contributed by atoms with E-state index in [4.69, 9.17) is 14.7 Å². The number of nitrogens with one attached hydrogen (secondary N) is 1. The number of ether oxygens (including phenoxy) is 2. The molecule has 0 aliphatic carbocycles. The fourth-order valence-corrected chi connectivity index (χ4v) is 1.87. The van der Waals surface area contributed by atoms with Crippen LogP contribution in [0.5, 0.6) is 5.75 Å². The van der Waals surface area contributed by atoms with Crippen LogP contribution < -0.4 is 10.1 Å². The van der Waals surface area contributed by atoms with Crippen LogP contribution in [0.4, 0.5) is 5.82 Å². The standard InChI is InChI=1S/C15H14N4O3/c1-21-13-4-3-10(7-11(13)15(20)22-2)9-19-14-12(8-16)17-5-6-18-14/h3-7H,9H2,1-2H3,(H,18,19). The van der Waals surface area contributed by atoms with Crippen molar-refractivity contribution in [3.8, 4) is 11.8 Å². The number of carbonyl (C=O) groups excluding carboxylic acids is 1. The van der Waals surface area contributed by atoms with Crippen LogP contribution in [0, 0.1) is 11.3 Å². The van der Waals surface area contributed by atoms with Crippen LogP contribution in [0.25, 0.3) is 0 Å². The third-order valence-electron chi connectivity index (χ3n) is 2.93. The smallest absolute Gasteiger partial charge is 0.341 e. The normalized spacial score (nSPS) is 9.68. The van der Waals surface area contributed by atoms with E-state index >= 15 is 0 Å².